The van der Waals surface area contributed by atoms with Crippen molar-refractivity contribution in [3.05, 3.63) is 11.6 Å². The summed E-state index contributed by atoms with van der Waals surface area (Å²) in [5, 5.41) is 18.1. The number of aliphatic carboxylic acids is 1. The molecule has 1 unspecified atom stereocenters. The minimum absolute atomic E-state index is 0.312. The van der Waals surface area contributed by atoms with Crippen LogP contribution in [-0.4, -0.2) is 22.3 Å². The zero-order valence-corrected chi connectivity index (χ0v) is 9.16. The first-order chi connectivity index (χ1) is 6.43. The van der Waals surface area contributed by atoms with Crippen molar-refractivity contribution in [3.63, 3.8) is 0 Å². The lowest BCUT2D eigenvalue weighted by Crippen LogP contribution is -2.09. The van der Waals surface area contributed by atoms with Crippen LogP contribution in [0.5, 0.6) is 0 Å². The number of aliphatic hydroxyl groups excluding tert-OH is 1. The molecule has 0 aliphatic rings. The number of allylic oxidation sites excluding steroid dienone is 1. The topological polar surface area (TPSA) is 57.5 Å². The van der Waals surface area contributed by atoms with E-state index in [2.05, 4.69) is 13.8 Å². The van der Waals surface area contributed by atoms with Crippen LogP contribution < -0.4 is 0 Å². The quantitative estimate of drug-likeness (QED) is 0.646. The highest BCUT2D eigenvalue weighted by molar-refractivity contribution is 5.85. The largest absolute Gasteiger partial charge is 0.478 e. The standard InChI is InChI=1S/C11H20O3/c1-8(2)7-10(12)6-4-5-9(3)11(13)14/h5,8,10,12H,4,6-7H2,1-3H3,(H,13,14)/b9-5+. The molecule has 0 amide bonds. The molecule has 0 saturated heterocycles. The van der Waals surface area contributed by atoms with Gasteiger partial charge in [-0.1, -0.05) is 19.9 Å². The highest BCUT2D eigenvalue weighted by Gasteiger charge is 2.06. The lowest BCUT2D eigenvalue weighted by molar-refractivity contribution is -0.132. The molecular weight excluding hydrogens is 180 g/mol. The molecule has 3 nitrogen and oxygen atoms in total. The SMILES string of the molecule is C/C(=C\CCC(O)CC(C)C)C(=O)O. The lowest BCUT2D eigenvalue weighted by atomic mass is 10.0. The molecule has 82 valence electrons. The molecule has 0 aromatic heterocycles. The van der Waals surface area contributed by atoms with E-state index in [1.54, 1.807) is 13.0 Å². The van der Waals surface area contributed by atoms with Crippen molar-refractivity contribution in [3.8, 4) is 0 Å². The number of hydrogen-bond donors (Lipinski definition) is 2. The second-order valence-corrected chi connectivity index (χ2v) is 4.05. The van der Waals surface area contributed by atoms with Crippen LogP contribution in [0.15, 0.2) is 11.6 Å². The zero-order valence-electron chi connectivity index (χ0n) is 9.16. The fraction of sp³-hybridized carbons (Fsp3) is 0.727. The molecule has 0 aromatic rings. The van der Waals surface area contributed by atoms with Crippen LogP contribution >= 0.6 is 0 Å². The molecule has 0 fully saturated rings. The van der Waals surface area contributed by atoms with Crippen LogP contribution in [0.3, 0.4) is 0 Å². The van der Waals surface area contributed by atoms with E-state index < -0.39 is 5.97 Å². The maximum atomic E-state index is 10.4. The van der Waals surface area contributed by atoms with Crippen LogP contribution in [0.25, 0.3) is 0 Å². The number of rotatable bonds is 6. The third kappa shape index (κ3) is 6.66. The number of aliphatic hydroxyl groups is 1. The predicted molar refractivity (Wildman–Crippen MR) is 56.1 cm³/mol. The molecule has 0 bridgehead atoms. The second-order valence-electron chi connectivity index (χ2n) is 4.05. The molecule has 0 radical (unpaired) electrons. The van der Waals surface area contributed by atoms with Crippen LogP contribution in [0.1, 0.15) is 40.0 Å². The van der Waals surface area contributed by atoms with Crippen molar-refractivity contribution in [2.45, 2.75) is 46.1 Å². The van der Waals surface area contributed by atoms with Gasteiger partial charge in [0.25, 0.3) is 0 Å². The van der Waals surface area contributed by atoms with Crippen molar-refractivity contribution in [2.24, 2.45) is 5.92 Å². The van der Waals surface area contributed by atoms with Gasteiger partial charge in [-0.15, -0.1) is 0 Å². The van der Waals surface area contributed by atoms with Crippen LogP contribution in [0.4, 0.5) is 0 Å². The highest BCUT2D eigenvalue weighted by Crippen LogP contribution is 2.10. The molecule has 3 heteroatoms. The molecule has 0 heterocycles. The van der Waals surface area contributed by atoms with Gasteiger partial charge in [-0.3, -0.25) is 0 Å². The summed E-state index contributed by atoms with van der Waals surface area (Å²) in [5.41, 5.74) is 0.349. The first-order valence-corrected chi connectivity index (χ1v) is 5.01. The Morgan fingerprint density at radius 1 is 1.43 bits per heavy atom. The molecular formula is C11H20O3. The number of carbonyl (C=O) groups is 1. The third-order valence-corrected chi connectivity index (χ3v) is 2.03. The van der Waals surface area contributed by atoms with Crippen molar-refractivity contribution < 1.29 is 15.0 Å². The smallest absolute Gasteiger partial charge is 0.330 e. The molecule has 2 N–H and O–H groups in total. The maximum Gasteiger partial charge on any atom is 0.330 e. The average Bonchev–Trinajstić information content (AvgIpc) is 2.02. The average molecular weight is 200 g/mol. The van der Waals surface area contributed by atoms with Crippen LogP contribution in [-0.2, 0) is 4.79 Å². The maximum absolute atomic E-state index is 10.4. The van der Waals surface area contributed by atoms with Gasteiger partial charge < -0.3 is 10.2 Å². The Balaban J connectivity index is 3.73. The molecule has 1 atom stereocenters. The van der Waals surface area contributed by atoms with E-state index in [9.17, 15) is 9.90 Å². The Hall–Kier alpha value is -0.830. The van der Waals surface area contributed by atoms with E-state index in [-0.39, 0.29) is 6.10 Å². The fourth-order valence-corrected chi connectivity index (χ4v) is 1.24. The van der Waals surface area contributed by atoms with E-state index in [0.717, 1.165) is 6.42 Å². The predicted octanol–water partition coefficient (Wildman–Crippen LogP) is 2.20. The summed E-state index contributed by atoms with van der Waals surface area (Å²) in [6.45, 7) is 5.68. The number of hydrogen-bond acceptors (Lipinski definition) is 2. The summed E-state index contributed by atoms with van der Waals surface area (Å²) in [6, 6.07) is 0. The van der Waals surface area contributed by atoms with Gasteiger partial charge in [-0.05, 0) is 32.1 Å². The van der Waals surface area contributed by atoms with Gasteiger partial charge in [0, 0.05) is 5.57 Å². The summed E-state index contributed by atoms with van der Waals surface area (Å²) in [4.78, 5) is 10.4. The van der Waals surface area contributed by atoms with Gasteiger partial charge in [0.2, 0.25) is 0 Å². The molecule has 0 aromatic carbocycles. The van der Waals surface area contributed by atoms with E-state index >= 15 is 0 Å². The van der Waals surface area contributed by atoms with Crippen molar-refractivity contribution in [2.75, 3.05) is 0 Å². The Morgan fingerprint density at radius 3 is 2.43 bits per heavy atom. The van der Waals surface area contributed by atoms with Gasteiger partial charge in [0.15, 0.2) is 0 Å². The molecule has 14 heavy (non-hydrogen) atoms. The minimum atomic E-state index is -0.886. The number of carboxylic acid groups (broad SMARTS) is 1. The Bertz CT molecular complexity index is 207. The summed E-state index contributed by atoms with van der Waals surface area (Å²) in [5.74, 6) is -0.405. The molecule has 0 spiro atoms. The first-order valence-electron chi connectivity index (χ1n) is 5.01. The summed E-state index contributed by atoms with van der Waals surface area (Å²) in [7, 11) is 0. The Labute approximate surface area is 85.4 Å². The first kappa shape index (κ1) is 13.2. The molecule has 0 aliphatic heterocycles. The van der Waals surface area contributed by atoms with Gasteiger partial charge in [0.1, 0.15) is 0 Å². The van der Waals surface area contributed by atoms with Gasteiger partial charge in [-0.2, -0.15) is 0 Å². The van der Waals surface area contributed by atoms with E-state index in [1.807, 2.05) is 0 Å². The molecule has 0 saturated carbocycles. The van der Waals surface area contributed by atoms with Crippen LogP contribution in [0, 0.1) is 5.92 Å². The van der Waals surface area contributed by atoms with E-state index in [0.29, 0.717) is 24.3 Å². The summed E-state index contributed by atoms with van der Waals surface area (Å²) < 4.78 is 0. The minimum Gasteiger partial charge on any atom is -0.478 e. The van der Waals surface area contributed by atoms with E-state index in [4.69, 9.17) is 5.11 Å². The third-order valence-electron chi connectivity index (χ3n) is 2.03. The Morgan fingerprint density at radius 2 is 2.00 bits per heavy atom. The zero-order chi connectivity index (χ0) is 11.1. The normalized spacial score (nSPS) is 14.5. The van der Waals surface area contributed by atoms with Crippen molar-refractivity contribution in [1.82, 2.24) is 0 Å². The summed E-state index contributed by atoms with van der Waals surface area (Å²) >= 11 is 0. The second kappa shape index (κ2) is 6.60. The Kier molecular flexibility index (Phi) is 6.21. The fourth-order valence-electron chi connectivity index (χ4n) is 1.24. The molecule has 0 rings (SSSR count). The van der Waals surface area contributed by atoms with E-state index in [1.165, 1.54) is 0 Å². The molecule has 0 aliphatic carbocycles. The monoisotopic (exact) mass is 200 g/mol. The number of carboxylic acids is 1. The van der Waals surface area contributed by atoms with Crippen molar-refractivity contribution >= 4 is 5.97 Å². The van der Waals surface area contributed by atoms with Gasteiger partial charge in [0.05, 0.1) is 6.10 Å². The van der Waals surface area contributed by atoms with Gasteiger partial charge in [-0.25, -0.2) is 4.79 Å². The van der Waals surface area contributed by atoms with Gasteiger partial charge >= 0.3 is 5.97 Å². The van der Waals surface area contributed by atoms with Crippen molar-refractivity contribution in [1.29, 1.82) is 0 Å². The van der Waals surface area contributed by atoms with Crippen LogP contribution in [0.2, 0.25) is 0 Å². The summed E-state index contributed by atoms with van der Waals surface area (Å²) in [6.07, 6.45) is 3.40. The lowest BCUT2D eigenvalue weighted by Gasteiger charge is -2.11. The highest BCUT2D eigenvalue weighted by atomic mass is 16.4.